The van der Waals surface area contributed by atoms with Gasteiger partial charge in [-0.15, -0.1) is 0 Å². The van der Waals surface area contributed by atoms with Gasteiger partial charge in [0.2, 0.25) is 0 Å². The number of anilines is 3. The van der Waals surface area contributed by atoms with Gasteiger partial charge in [-0.05, 0) is 62.5 Å². The fourth-order valence-electron chi connectivity index (χ4n) is 4.58. The summed E-state index contributed by atoms with van der Waals surface area (Å²) in [4.78, 5) is 7.04. The minimum Gasteiger partial charge on any atom is -0.484 e. The number of pyridine rings is 1. The highest BCUT2D eigenvalue weighted by Gasteiger charge is 2.27. The van der Waals surface area contributed by atoms with E-state index in [0.29, 0.717) is 5.92 Å². The van der Waals surface area contributed by atoms with Crippen LogP contribution in [0.1, 0.15) is 42.9 Å². The van der Waals surface area contributed by atoms with Crippen LogP contribution >= 0.6 is 0 Å². The molecule has 4 heterocycles. The van der Waals surface area contributed by atoms with E-state index in [1.54, 1.807) is 0 Å². The molecule has 3 aliphatic heterocycles. The number of fused-ring (bicyclic) bond motifs is 2. The standard InChI is InChI=1S/C22H28N4O2/c1-15-21-19(26-10-12-27-13-11-26)6-9-24-22(21)25-18-14-17(2-3-20(18)28-15)16-4-7-23-8-5-16/h2-3,6,9,14-16,23H,4-5,7-8,10-13H2,1H3,(H,24,25). The highest BCUT2D eigenvalue weighted by Crippen LogP contribution is 2.43. The molecule has 5 rings (SSSR count). The van der Waals surface area contributed by atoms with Crippen molar-refractivity contribution in [3.63, 3.8) is 0 Å². The molecule has 0 aliphatic carbocycles. The molecule has 0 radical (unpaired) electrons. The van der Waals surface area contributed by atoms with Crippen LogP contribution in [0.25, 0.3) is 0 Å². The van der Waals surface area contributed by atoms with Crippen molar-refractivity contribution < 1.29 is 9.47 Å². The molecular weight excluding hydrogens is 352 g/mol. The Morgan fingerprint density at radius 3 is 2.75 bits per heavy atom. The Bertz CT molecular complexity index is 844. The van der Waals surface area contributed by atoms with Gasteiger partial charge in [0.1, 0.15) is 17.7 Å². The molecule has 2 saturated heterocycles. The second kappa shape index (κ2) is 7.60. The van der Waals surface area contributed by atoms with Crippen molar-refractivity contribution in [2.45, 2.75) is 31.8 Å². The minimum absolute atomic E-state index is 0.0694. The molecule has 148 valence electrons. The van der Waals surface area contributed by atoms with Crippen molar-refractivity contribution in [1.82, 2.24) is 10.3 Å². The van der Waals surface area contributed by atoms with Crippen molar-refractivity contribution >= 4 is 17.2 Å². The van der Waals surface area contributed by atoms with E-state index < -0.39 is 0 Å². The van der Waals surface area contributed by atoms with Gasteiger partial charge in [-0.1, -0.05) is 6.07 Å². The molecule has 0 amide bonds. The Morgan fingerprint density at radius 2 is 1.93 bits per heavy atom. The number of morpholine rings is 1. The number of benzene rings is 1. The third kappa shape index (κ3) is 3.31. The number of piperidine rings is 1. The average Bonchev–Trinajstić information content (AvgIpc) is 2.90. The Balaban J connectivity index is 1.49. The first kappa shape index (κ1) is 17.8. The Labute approximate surface area is 166 Å². The lowest BCUT2D eigenvalue weighted by atomic mass is 9.90. The maximum Gasteiger partial charge on any atom is 0.143 e. The molecule has 0 spiro atoms. The third-order valence-corrected chi connectivity index (χ3v) is 6.10. The predicted octanol–water partition coefficient (Wildman–Crippen LogP) is 3.58. The number of ether oxygens (including phenoxy) is 2. The van der Waals surface area contributed by atoms with Crippen LogP contribution in [0, 0.1) is 0 Å². The number of hydrogen-bond acceptors (Lipinski definition) is 6. The molecule has 6 nitrogen and oxygen atoms in total. The van der Waals surface area contributed by atoms with E-state index in [4.69, 9.17) is 9.47 Å². The largest absolute Gasteiger partial charge is 0.484 e. The van der Waals surface area contributed by atoms with Crippen molar-refractivity contribution in [2.24, 2.45) is 0 Å². The van der Waals surface area contributed by atoms with Gasteiger partial charge in [0.05, 0.1) is 24.5 Å². The molecule has 3 aliphatic rings. The highest BCUT2D eigenvalue weighted by molar-refractivity contribution is 5.74. The van der Waals surface area contributed by atoms with Gasteiger partial charge in [0, 0.05) is 25.0 Å². The lowest BCUT2D eigenvalue weighted by molar-refractivity contribution is 0.122. The SMILES string of the molecule is CC1Oc2ccc(C3CCNCC3)cc2Nc2nccc(N3CCOCC3)c21. The first-order chi connectivity index (χ1) is 13.8. The molecule has 1 atom stereocenters. The van der Waals surface area contributed by atoms with Crippen LogP contribution in [0.15, 0.2) is 30.5 Å². The van der Waals surface area contributed by atoms with Crippen LogP contribution in [0.5, 0.6) is 5.75 Å². The van der Waals surface area contributed by atoms with Crippen LogP contribution in [-0.4, -0.2) is 44.4 Å². The number of nitrogens with zero attached hydrogens (tertiary/aromatic N) is 2. The van der Waals surface area contributed by atoms with E-state index in [1.165, 1.54) is 24.1 Å². The van der Waals surface area contributed by atoms with E-state index in [9.17, 15) is 0 Å². The second-order valence-corrected chi connectivity index (χ2v) is 7.86. The summed E-state index contributed by atoms with van der Waals surface area (Å²) in [5, 5.41) is 7.03. The average molecular weight is 380 g/mol. The maximum absolute atomic E-state index is 6.38. The molecule has 2 aromatic rings. The van der Waals surface area contributed by atoms with Gasteiger partial charge in [0.15, 0.2) is 0 Å². The number of hydrogen-bond donors (Lipinski definition) is 2. The van der Waals surface area contributed by atoms with E-state index in [-0.39, 0.29) is 6.10 Å². The number of nitrogens with one attached hydrogen (secondary N) is 2. The molecule has 1 aromatic carbocycles. The van der Waals surface area contributed by atoms with E-state index in [1.807, 2.05) is 6.20 Å². The van der Waals surface area contributed by atoms with Gasteiger partial charge in [-0.3, -0.25) is 0 Å². The third-order valence-electron chi connectivity index (χ3n) is 6.10. The molecule has 28 heavy (non-hydrogen) atoms. The first-order valence-electron chi connectivity index (χ1n) is 10.4. The summed E-state index contributed by atoms with van der Waals surface area (Å²) in [6.07, 6.45) is 4.20. The Morgan fingerprint density at radius 1 is 1.11 bits per heavy atom. The van der Waals surface area contributed by atoms with Crippen LogP contribution < -0.4 is 20.3 Å². The number of rotatable bonds is 2. The lowest BCUT2D eigenvalue weighted by Crippen LogP contribution is -2.37. The van der Waals surface area contributed by atoms with Crippen LogP contribution in [-0.2, 0) is 4.74 Å². The smallest absolute Gasteiger partial charge is 0.143 e. The molecule has 1 aromatic heterocycles. The van der Waals surface area contributed by atoms with Gasteiger partial charge < -0.3 is 25.0 Å². The zero-order chi connectivity index (χ0) is 18.9. The van der Waals surface area contributed by atoms with Crippen LogP contribution in [0.3, 0.4) is 0 Å². The van der Waals surface area contributed by atoms with Gasteiger partial charge >= 0.3 is 0 Å². The van der Waals surface area contributed by atoms with Crippen LogP contribution in [0.4, 0.5) is 17.2 Å². The summed E-state index contributed by atoms with van der Waals surface area (Å²) < 4.78 is 11.9. The van der Waals surface area contributed by atoms with Crippen molar-refractivity contribution in [1.29, 1.82) is 0 Å². The maximum atomic E-state index is 6.38. The summed E-state index contributed by atoms with van der Waals surface area (Å²) >= 11 is 0. The summed E-state index contributed by atoms with van der Waals surface area (Å²) in [7, 11) is 0. The lowest BCUT2D eigenvalue weighted by Gasteiger charge is -2.31. The zero-order valence-corrected chi connectivity index (χ0v) is 16.4. The Hall–Kier alpha value is -2.31. The first-order valence-corrected chi connectivity index (χ1v) is 10.4. The summed E-state index contributed by atoms with van der Waals surface area (Å²) in [5.41, 5.74) is 4.73. The molecule has 0 bridgehead atoms. The second-order valence-electron chi connectivity index (χ2n) is 7.86. The highest BCUT2D eigenvalue weighted by atomic mass is 16.5. The topological polar surface area (TPSA) is 58.7 Å². The number of aromatic nitrogens is 1. The van der Waals surface area contributed by atoms with E-state index in [0.717, 1.165) is 62.2 Å². The van der Waals surface area contributed by atoms with Crippen LogP contribution in [0.2, 0.25) is 0 Å². The molecule has 2 N–H and O–H groups in total. The van der Waals surface area contributed by atoms with Gasteiger partial charge in [-0.2, -0.15) is 0 Å². The summed E-state index contributed by atoms with van der Waals surface area (Å²) in [5.74, 6) is 2.41. The Kier molecular flexibility index (Phi) is 4.82. The monoisotopic (exact) mass is 380 g/mol. The fraction of sp³-hybridized carbons (Fsp3) is 0.500. The normalized spacial score (nSPS) is 22.5. The van der Waals surface area contributed by atoms with E-state index in [2.05, 4.69) is 51.7 Å². The molecule has 2 fully saturated rings. The van der Waals surface area contributed by atoms with Crippen molar-refractivity contribution in [3.8, 4) is 5.75 Å². The quantitative estimate of drug-likeness (QED) is 0.831. The minimum atomic E-state index is -0.0694. The molecule has 0 saturated carbocycles. The molecule has 1 unspecified atom stereocenters. The molecular formula is C22H28N4O2. The molecule has 6 heteroatoms. The zero-order valence-electron chi connectivity index (χ0n) is 16.4. The van der Waals surface area contributed by atoms with Gasteiger partial charge in [0.25, 0.3) is 0 Å². The summed E-state index contributed by atoms with van der Waals surface area (Å²) in [6.45, 7) is 7.62. The van der Waals surface area contributed by atoms with E-state index >= 15 is 0 Å². The van der Waals surface area contributed by atoms with Crippen molar-refractivity contribution in [3.05, 3.63) is 41.6 Å². The fourth-order valence-corrected chi connectivity index (χ4v) is 4.58. The van der Waals surface area contributed by atoms with Gasteiger partial charge in [-0.25, -0.2) is 4.98 Å². The predicted molar refractivity (Wildman–Crippen MR) is 111 cm³/mol. The summed E-state index contributed by atoms with van der Waals surface area (Å²) in [6, 6.07) is 8.71. The van der Waals surface area contributed by atoms with Crippen molar-refractivity contribution in [2.75, 3.05) is 49.6 Å².